The maximum atomic E-state index is 10.4. The van der Waals surface area contributed by atoms with Crippen LogP contribution in [0.25, 0.3) is 0 Å². The summed E-state index contributed by atoms with van der Waals surface area (Å²) in [5.74, 6) is 1.42. The Bertz CT molecular complexity index is 671. The predicted molar refractivity (Wildman–Crippen MR) is 86.7 cm³/mol. The molecule has 1 aromatic carbocycles. The van der Waals surface area contributed by atoms with Crippen LogP contribution in [0.2, 0.25) is 0 Å². The molecule has 3 rings (SSSR count). The molecular formula is C17H23N3O3. The van der Waals surface area contributed by atoms with Crippen molar-refractivity contribution in [2.45, 2.75) is 39.0 Å². The second kappa shape index (κ2) is 6.60. The number of rotatable bonds is 6. The van der Waals surface area contributed by atoms with Gasteiger partial charge < -0.3 is 19.9 Å². The molecule has 0 saturated carbocycles. The molecule has 0 spiro atoms. The van der Waals surface area contributed by atoms with Gasteiger partial charge >= 0.3 is 0 Å². The van der Waals surface area contributed by atoms with E-state index >= 15 is 0 Å². The third-order valence-corrected chi connectivity index (χ3v) is 4.29. The fourth-order valence-electron chi connectivity index (χ4n) is 2.59. The number of fused-ring (bicyclic) bond motifs is 1. The van der Waals surface area contributed by atoms with Gasteiger partial charge in [-0.15, -0.1) is 0 Å². The number of hydrogen-bond acceptors (Lipinski definition) is 5. The number of hydrogen-bond donors (Lipinski definition) is 2. The van der Waals surface area contributed by atoms with Gasteiger partial charge in [0.25, 0.3) is 0 Å². The predicted octanol–water partition coefficient (Wildman–Crippen LogP) is 2.19. The molecule has 2 aromatic rings. The van der Waals surface area contributed by atoms with Crippen molar-refractivity contribution in [1.29, 1.82) is 0 Å². The first-order valence-corrected chi connectivity index (χ1v) is 7.86. The smallest absolute Gasteiger partial charge is 0.231 e. The van der Waals surface area contributed by atoms with Crippen LogP contribution in [0.15, 0.2) is 30.6 Å². The largest absolute Gasteiger partial charge is 0.454 e. The summed E-state index contributed by atoms with van der Waals surface area (Å²) in [4.78, 5) is 0. The van der Waals surface area contributed by atoms with Crippen molar-refractivity contribution in [3.8, 4) is 11.5 Å². The highest BCUT2D eigenvalue weighted by atomic mass is 16.7. The van der Waals surface area contributed by atoms with E-state index in [9.17, 15) is 5.11 Å². The van der Waals surface area contributed by atoms with Crippen LogP contribution >= 0.6 is 0 Å². The number of aliphatic hydroxyl groups excluding tert-OH is 1. The van der Waals surface area contributed by atoms with Gasteiger partial charge in [0.2, 0.25) is 6.79 Å². The third kappa shape index (κ3) is 3.48. The van der Waals surface area contributed by atoms with Gasteiger partial charge in [0, 0.05) is 18.8 Å². The van der Waals surface area contributed by atoms with Crippen LogP contribution in [0.5, 0.6) is 11.5 Å². The van der Waals surface area contributed by atoms with E-state index in [1.54, 1.807) is 0 Å². The number of ether oxygens (including phenoxy) is 2. The molecule has 3 atom stereocenters. The first-order chi connectivity index (χ1) is 11.0. The van der Waals surface area contributed by atoms with Crippen molar-refractivity contribution in [3.63, 3.8) is 0 Å². The Hall–Kier alpha value is -2.05. The van der Waals surface area contributed by atoms with E-state index in [0.717, 1.165) is 16.9 Å². The molecule has 6 heteroatoms. The van der Waals surface area contributed by atoms with Gasteiger partial charge in [-0.1, -0.05) is 6.07 Å². The van der Waals surface area contributed by atoms with E-state index in [1.807, 2.05) is 42.2 Å². The van der Waals surface area contributed by atoms with Crippen molar-refractivity contribution in [1.82, 2.24) is 15.1 Å². The zero-order valence-corrected chi connectivity index (χ0v) is 13.7. The Morgan fingerprint density at radius 1 is 1.30 bits per heavy atom. The lowest BCUT2D eigenvalue weighted by atomic mass is 10.1. The van der Waals surface area contributed by atoms with Gasteiger partial charge in [0.05, 0.1) is 18.3 Å². The molecule has 124 valence electrons. The third-order valence-electron chi connectivity index (χ3n) is 4.29. The van der Waals surface area contributed by atoms with E-state index in [1.165, 1.54) is 0 Å². The normalized spacial score (nSPS) is 17.0. The minimum atomic E-state index is -0.599. The number of nitrogens with one attached hydrogen (secondary N) is 1. The molecular weight excluding hydrogens is 294 g/mol. The summed E-state index contributed by atoms with van der Waals surface area (Å²) in [6.45, 7) is 6.93. The fraction of sp³-hybridized carbons (Fsp3) is 0.471. The number of aromatic nitrogens is 2. The molecule has 0 saturated heterocycles. The van der Waals surface area contributed by atoms with Crippen LogP contribution in [0, 0.1) is 6.92 Å². The molecule has 0 amide bonds. The highest BCUT2D eigenvalue weighted by Crippen LogP contribution is 2.34. The first kappa shape index (κ1) is 15.8. The van der Waals surface area contributed by atoms with Crippen LogP contribution in [0.4, 0.5) is 0 Å². The topological polar surface area (TPSA) is 68.5 Å². The molecule has 1 aliphatic heterocycles. The lowest BCUT2D eigenvalue weighted by Gasteiger charge is -2.23. The highest BCUT2D eigenvalue weighted by Gasteiger charge is 2.19. The van der Waals surface area contributed by atoms with Crippen molar-refractivity contribution < 1.29 is 14.6 Å². The summed E-state index contributed by atoms with van der Waals surface area (Å²) in [5.41, 5.74) is 1.96. The molecule has 23 heavy (non-hydrogen) atoms. The summed E-state index contributed by atoms with van der Waals surface area (Å²) in [6.07, 6.45) is 3.28. The quantitative estimate of drug-likeness (QED) is 0.855. The monoisotopic (exact) mass is 317 g/mol. The lowest BCUT2D eigenvalue weighted by Crippen LogP contribution is -2.36. The number of aliphatic hydroxyl groups is 1. The molecule has 6 nitrogen and oxygen atoms in total. The molecule has 1 aliphatic rings. The minimum Gasteiger partial charge on any atom is -0.454 e. The Kier molecular flexibility index (Phi) is 4.54. The molecule has 2 N–H and O–H groups in total. The Morgan fingerprint density at radius 3 is 2.83 bits per heavy atom. The van der Waals surface area contributed by atoms with Gasteiger partial charge in [-0.05, 0) is 44.0 Å². The standard InChI is InChI=1S/C17H23N3O3/c1-11-7-19-20(9-11)13(3)12(2)18-8-15(21)14-4-5-16-17(6-14)23-10-22-16/h4-7,9,12-13,15,18,21H,8,10H2,1-3H3/t12-,13+,15-/m0/s1. The molecule has 0 radical (unpaired) electrons. The van der Waals surface area contributed by atoms with E-state index in [0.29, 0.717) is 12.3 Å². The minimum absolute atomic E-state index is 0.179. The van der Waals surface area contributed by atoms with E-state index in [-0.39, 0.29) is 18.9 Å². The van der Waals surface area contributed by atoms with Crippen LogP contribution in [-0.2, 0) is 0 Å². The van der Waals surface area contributed by atoms with Crippen LogP contribution in [0.1, 0.15) is 37.1 Å². The average molecular weight is 317 g/mol. The molecule has 0 unspecified atom stereocenters. The van der Waals surface area contributed by atoms with E-state index in [4.69, 9.17) is 9.47 Å². The summed E-state index contributed by atoms with van der Waals surface area (Å²) >= 11 is 0. The fourth-order valence-corrected chi connectivity index (χ4v) is 2.59. The SMILES string of the molecule is Cc1cnn([C@H](C)[C@H](C)NC[C@H](O)c2ccc3c(c2)OCO3)c1. The van der Waals surface area contributed by atoms with Gasteiger partial charge in [-0.3, -0.25) is 4.68 Å². The lowest BCUT2D eigenvalue weighted by molar-refractivity contribution is 0.164. The average Bonchev–Trinajstić information content (AvgIpc) is 3.19. The maximum absolute atomic E-state index is 10.4. The second-order valence-corrected chi connectivity index (χ2v) is 6.06. The summed E-state index contributed by atoms with van der Waals surface area (Å²) < 4.78 is 12.6. The second-order valence-electron chi connectivity index (χ2n) is 6.06. The van der Waals surface area contributed by atoms with Gasteiger partial charge in [0.1, 0.15) is 0 Å². The van der Waals surface area contributed by atoms with Gasteiger partial charge in [-0.2, -0.15) is 5.10 Å². The van der Waals surface area contributed by atoms with Crippen molar-refractivity contribution in [3.05, 3.63) is 41.7 Å². The Morgan fingerprint density at radius 2 is 2.09 bits per heavy atom. The zero-order chi connectivity index (χ0) is 16.4. The maximum Gasteiger partial charge on any atom is 0.231 e. The highest BCUT2D eigenvalue weighted by molar-refractivity contribution is 5.45. The zero-order valence-electron chi connectivity index (χ0n) is 13.7. The van der Waals surface area contributed by atoms with Crippen molar-refractivity contribution >= 4 is 0 Å². The van der Waals surface area contributed by atoms with Crippen LogP contribution in [-0.4, -0.2) is 34.3 Å². The Balaban J connectivity index is 1.57. The van der Waals surface area contributed by atoms with Crippen molar-refractivity contribution in [2.75, 3.05) is 13.3 Å². The summed E-state index contributed by atoms with van der Waals surface area (Å²) in [6, 6.07) is 5.91. The molecule has 1 aromatic heterocycles. The number of nitrogens with zero attached hydrogens (tertiary/aromatic N) is 2. The van der Waals surface area contributed by atoms with Crippen LogP contribution < -0.4 is 14.8 Å². The summed E-state index contributed by atoms with van der Waals surface area (Å²) in [5, 5.41) is 18.1. The van der Waals surface area contributed by atoms with E-state index < -0.39 is 6.10 Å². The molecule has 0 fully saturated rings. The Labute approximate surface area is 136 Å². The van der Waals surface area contributed by atoms with Gasteiger partial charge in [-0.25, -0.2) is 0 Å². The first-order valence-electron chi connectivity index (χ1n) is 7.86. The number of aryl methyl sites for hydroxylation is 1. The van der Waals surface area contributed by atoms with Gasteiger partial charge in [0.15, 0.2) is 11.5 Å². The molecule has 0 bridgehead atoms. The van der Waals surface area contributed by atoms with Crippen molar-refractivity contribution in [2.24, 2.45) is 0 Å². The summed E-state index contributed by atoms with van der Waals surface area (Å²) in [7, 11) is 0. The molecule has 2 heterocycles. The van der Waals surface area contributed by atoms with E-state index in [2.05, 4.69) is 24.3 Å². The van der Waals surface area contributed by atoms with Crippen LogP contribution in [0.3, 0.4) is 0 Å². The number of benzene rings is 1. The molecule has 0 aliphatic carbocycles.